The fourth-order valence-corrected chi connectivity index (χ4v) is 2.05. The average molecular weight is 268 g/mol. The first-order valence-corrected chi connectivity index (χ1v) is 5.85. The van der Waals surface area contributed by atoms with E-state index >= 15 is 0 Å². The van der Waals surface area contributed by atoms with Gasteiger partial charge in [-0.2, -0.15) is 5.10 Å². The van der Waals surface area contributed by atoms with Crippen LogP contribution in [0.2, 0.25) is 0 Å². The first-order valence-electron chi connectivity index (χ1n) is 5.85. The summed E-state index contributed by atoms with van der Waals surface area (Å²) < 4.78 is 1.62. The van der Waals surface area contributed by atoms with Crippen LogP contribution in [0.25, 0.3) is 0 Å². The van der Waals surface area contributed by atoms with Crippen LogP contribution >= 0.6 is 0 Å². The van der Waals surface area contributed by atoms with Crippen LogP contribution in [0.5, 0.6) is 0 Å². The number of nitrogens with two attached hydrogens (primary N) is 2. The molecule has 1 heterocycles. The first kappa shape index (κ1) is 15.0. The van der Waals surface area contributed by atoms with E-state index in [1.807, 2.05) is 14.0 Å². The number of nitrogens with zero attached hydrogens (tertiary/aromatic N) is 3. The lowest BCUT2D eigenvalue weighted by molar-refractivity contribution is -0.117. The van der Waals surface area contributed by atoms with Gasteiger partial charge in [0.15, 0.2) is 0 Å². The van der Waals surface area contributed by atoms with Crippen molar-refractivity contribution in [3.63, 3.8) is 0 Å². The minimum Gasteiger partial charge on any atom is -0.368 e. The number of carbonyl (C=O) groups is 2. The standard InChI is InChI=1S/C11H20N6O2/c1-7-8(4-14-2)11(16(3)15-7)17(5-9(12)18)6-10(13)19/h14H,4-6H2,1-3H3,(H2,12,18)(H2,13,19). The molecule has 8 heteroatoms. The Morgan fingerprint density at radius 2 is 1.84 bits per heavy atom. The molecule has 0 fully saturated rings. The van der Waals surface area contributed by atoms with Gasteiger partial charge in [0.05, 0.1) is 18.8 Å². The van der Waals surface area contributed by atoms with E-state index in [0.29, 0.717) is 12.4 Å². The normalized spacial score (nSPS) is 10.5. The van der Waals surface area contributed by atoms with Gasteiger partial charge in [0.25, 0.3) is 0 Å². The molecule has 0 aromatic carbocycles. The van der Waals surface area contributed by atoms with Crippen molar-refractivity contribution in [2.45, 2.75) is 13.5 Å². The summed E-state index contributed by atoms with van der Waals surface area (Å²) in [5.74, 6) is -0.393. The predicted molar refractivity (Wildman–Crippen MR) is 71.3 cm³/mol. The second-order valence-electron chi connectivity index (χ2n) is 4.33. The SMILES string of the molecule is CNCc1c(C)nn(C)c1N(CC(N)=O)CC(N)=O. The lowest BCUT2D eigenvalue weighted by Gasteiger charge is -2.23. The van der Waals surface area contributed by atoms with Crippen LogP contribution in [0.1, 0.15) is 11.3 Å². The molecule has 0 spiro atoms. The van der Waals surface area contributed by atoms with Crippen molar-refractivity contribution in [2.24, 2.45) is 18.5 Å². The number of hydrogen-bond donors (Lipinski definition) is 3. The van der Waals surface area contributed by atoms with Crippen molar-refractivity contribution < 1.29 is 9.59 Å². The minimum atomic E-state index is -0.532. The number of rotatable bonds is 7. The second-order valence-corrected chi connectivity index (χ2v) is 4.33. The highest BCUT2D eigenvalue weighted by Crippen LogP contribution is 2.22. The Bertz CT molecular complexity index is 466. The molecule has 0 aliphatic carbocycles. The van der Waals surface area contributed by atoms with E-state index in [-0.39, 0.29) is 13.1 Å². The quantitative estimate of drug-likeness (QED) is 0.540. The molecule has 106 valence electrons. The van der Waals surface area contributed by atoms with Gasteiger partial charge < -0.3 is 21.7 Å². The average Bonchev–Trinajstić information content (AvgIpc) is 2.52. The van der Waals surface area contributed by atoms with Gasteiger partial charge in [0.1, 0.15) is 5.82 Å². The topological polar surface area (TPSA) is 119 Å². The maximum atomic E-state index is 11.1. The molecule has 0 bridgehead atoms. The van der Waals surface area contributed by atoms with E-state index in [1.165, 1.54) is 4.90 Å². The summed E-state index contributed by atoms with van der Waals surface area (Å²) in [6.07, 6.45) is 0. The smallest absolute Gasteiger partial charge is 0.237 e. The van der Waals surface area contributed by atoms with Gasteiger partial charge >= 0.3 is 0 Å². The molecule has 1 aromatic heterocycles. The van der Waals surface area contributed by atoms with Crippen molar-refractivity contribution in [1.29, 1.82) is 0 Å². The number of carbonyl (C=O) groups excluding carboxylic acids is 2. The third-order valence-electron chi connectivity index (χ3n) is 2.66. The highest BCUT2D eigenvalue weighted by molar-refractivity contribution is 5.84. The number of primary amides is 2. The molecule has 2 amide bonds. The predicted octanol–water partition coefficient (Wildman–Crippen LogP) is -1.78. The molecule has 5 N–H and O–H groups in total. The van der Waals surface area contributed by atoms with Gasteiger partial charge in [-0.05, 0) is 14.0 Å². The third-order valence-corrected chi connectivity index (χ3v) is 2.66. The van der Waals surface area contributed by atoms with E-state index in [1.54, 1.807) is 11.7 Å². The molecule has 1 aromatic rings. The maximum Gasteiger partial charge on any atom is 0.237 e. The summed E-state index contributed by atoms with van der Waals surface area (Å²) in [5, 5.41) is 7.32. The number of anilines is 1. The van der Waals surface area contributed by atoms with Gasteiger partial charge in [0, 0.05) is 19.2 Å². The number of amides is 2. The van der Waals surface area contributed by atoms with Gasteiger partial charge in [-0.25, -0.2) is 0 Å². The molecule has 8 nitrogen and oxygen atoms in total. The molecule has 0 aliphatic heterocycles. The molecule has 0 atom stereocenters. The number of hydrogen-bond acceptors (Lipinski definition) is 5. The van der Waals surface area contributed by atoms with Gasteiger partial charge in [0.2, 0.25) is 11.8 Å². The van der Waals surface area contributed by atoms with Crippen LogP contribution in [-0.2, 0) is 23.2 Å². The number of aryl methyl sites for hydroxylation is 2. The van der Waals surface area contributed by atoms with Gasteiger partial charge in [-0.1, -0.05) is 0 Å². The molecule has 0 aliphatic rings. The highest BCUT2D eigenvalue weighted by Gasteiger charge is 2.21. The number of nitrogens with one attached hydrogen (secondary N) is 1. The molecule has 0 saturated carbocycles. The zero-order valence-corrected chi connectivity index (χ0v) is 11.4. The Morgan fingerprint density at radius 3 is 2.26 bits per heavy atom. The largest absolute Gasteiger partial charge is 0.368 e. The molecular weight excluding hydrogens is 248 g/mol. The number of aromatic nitrogens is 2. The van der Waals surface area contributed by atoms with Crippen molar-refractivity contribution in [3.05, 3.63) is 11.3 Å². The molecule has 0 radical (unpaired) electrons. The van der Waals surface area contributed by atoms with E-state index in [9.17, 15) is 9.59 Å². The summed E-state index contributed by atoms with van der Waals surface area (Å²) in [7, 11) is 3.55. The Balaban J connectivity index is 3.19. The van der Waals surface area contributed by atoms with E-state index in [4.69, 9.17) is 11.5 Å². The van der Waals surface area contributed by atoms with Gasteiger partial charge in [-0.3, -0.25) is 14.3 Å². The lowest BCUT2D eigenvalue weighted by atomic mass is 10.2. The summed E-state index contributed by atoms with van der Waals surface area (Å²) in [5.41, 5.74) is 12.2. The van der Waals surface area contributed by atoms with E-state index in [2.05, 4.69) is 10.4 Å². The zero-order chi connectivity index (χ0) is 14.6. The van der Waals surface area contributed by atoms with Crippen LogP contribution in [0.3, 0.4) is 0 Å². The van der Waals surface area contributed by atoms with Crippen LogP contribution in [0.15, 0.2) is 0 Å². The molecular formula is C11H20N6O2. The monoisotopic (exact) mass is 268 g/mol. The fraction of sp³-hybridized carbons (Fsp3) is 0.545. The van der Waals surface area contributed by atoms with Crippen molar-refractivity contribution in [1.82, 2.24) is 15.1 Å². The van der Waals surface area contributed by atoms with Crippen molar-refractivity contribution in [2.75, 3.05) is 25.0 Å². The summed E-state index contributed by atoms with van der Waals surface area (Å²) in [6.45, 7) is 2.27. The molecule has 0 unspecified atom stereocenters. The highest BCUT2D eigenvalue weighted by atomic mass is 16.2. The Labute approximate surface area is 111 Å². The molecule has 1 rings (SSSR count). The third kappa shape index (κ3) is 3.68. The summed E-state index contributed by atoms with van der Waals surface area (Å²) >= 11 is 0. The molecule has 19 heavy (non-hydrogen) atoms. The first-order chi connectivity index (χ1) is 8.86. The zero-order valence-electron chi connectivity index (χ0n) is 11.4. The molecule has 0 saturated heterocycles. The summed E-state index contributed by atoms with van der Waals surface area (Å²) in [6, 6.07) is 0. The Morgan fingerprint density at radius 1 is 1.32 bits per heavy atom. The van der Waals surface area contributed by atoms with E-state index < -0.39 is 11.8 Å². The summed E-state index contributed by atoms with van der Waals surface area (Å²) in [4.78, 5) is 23.8. The Hall–Kier alpha value is -2.09. The van der Waals surface area contributed by atoms with E-state index in [0.717, 1.165) is 11.3 Å². The van der Waals surface area contributed by atoms with Crippen LogP contribution in [0.4, 0.5) is 5.82 Å². The maximum absolute atomic E-state index is 11.1. The van der Waals surface area contributed by atoms with Crippen LogP contribution in [-0.4, -0.2) is 41.7 Å². The van der Waals surface area contributed by atoms with Gasteiger partial charge in [-0.15, -0.1) is 0 Å². The van der Waals surface area contributed by atoms with Crippen molar-refractivity contribution >= 4 is 17.6 Å². The van der Waals surface area contributed by atoms with Crippen molar-refractivity contribution in [3.8, 4) is 0 Å². The Kier molecular flexibility index (Phi) is 4.87. The van der Waals surface area contributed by atoms with Crippen LogP contribution < -0.4 is 21.7 Å². The lowest BCUT2D eigenvalue weighted by Crippen LogP contribution is -2.41. The second kappa shape index (κ2) is 6.19. The van der Waals surface area contributed by atoms with Crippen LogP contribution in [0, 0.1) is 6.92 Å². The minimum absolute atomic E-state index is 0.0847. The fourth-order valence-electron chi connectivity index (χ4n) is 2.05.